The van der Waals surface area contributed by atoms with Gasteiger partial charge in [0.25, 0.3) is 0 Å². The van der Waals surface area contributed by atoms with Crippen LogP contribution < -0.4 is 10.1 Å². The molecule has 0 radical (unpaired) electrons. The lowest BCUT2D eigenvalue weighted by atomic mass is 10.0. The number of hydrogen-bond donors (Lipinski definition) is 1. The molecule has 1 atom stereocenters. The van der Waals surface area contributed by atoms with Crippen LogP contribution in [0.5, 0.6) is 5.75 Å². The quantitative estimate of drug-likeness (QED) is 0.347. The number of nitrogens with zero attached hydrogens (tertiary/aromatic N) is 1. The predicted octanol–water partition coefficient (Wildman–Crippen LogP) is 5.30. The standard InChI is InChI=1S/C28H31BrN2O3/c1-21-13-15-25(16-14-21)34-17-7-12-27(32)31(20-23-10-6-11-24(29)18-23)26(28(33)30-2)19-22-8-4-3-5-9-22/h3-6,8-11,13-16,18,26H,7,12,17,19-20H2,1-2H3,(H,30,33)/t26-/m0/s1. The van der Waals surface area contributed by atoms with Crippen LogP contribution in [-0.2, 0) is 22.6 Å². The van der Waals surface area contributed by atoms with E-state index in [1.807, 2.05) is 85.8 Å². The van der Waals surface area contributed by atoms with E-state index in [-0.39, 0.29) is 11.8 Å². The first kappa shape index (κ1) is 25.5. The van der Waals surface area contributed by atoms with E-state index in [1.54, 1.807) is 11.9 Å². The highest BCUT2D eigenvalue weighted by Crippen LogP contribution is 2.19. The van der Waals surface area contributed by atoms with E-state index in [2.05, 4.69) is 21.2 Å². The molecule has 0 aliphatic rings. The third kappa shape index (κ3) is 7.73. The maximum atomic E-state index is 13.4. The van der Waals surface area contributed by atoms with Crippen molar-refractivity contribution in [2.75, 3.05) is 13.7 Å². The van der Waals surface area contributed by atoms with Gasteiger partial charge in [-0.3, -0.25) is 9.59 Å². The summed E-state index contributed by atoms with van der Waals surface area (Å²) in [5, 5.41) is 2.74. The molecule has 3 rings (SSSR count). The molecule has 178 valence electrons. The molecule has 1 N–H and O–H groups in total. The largest absolute Gasteiger partial charge is 0.494 e. The van der Waals surface area contributed by atoms with E-state index in [0.29, 0.717) is 32.4 Å². The number of halogens is 1. The number of hydrogen-bond acceptors (Lipinski definition) is 3. The molecular weight excluding hydrogens is 492 g/mol. The van der Waals surface area contributed by atoms with Crippen LogP contribution in [0.3, 0.4) is 0 Å². The summed E-state index contributed by atoms with van der Waals surface area (Å²) < 4.78 is 6.73. The number of nitrogens with one attached hydrogen (secondary N) is 1. The van der Waals surface area contributed by atoms with Gasteiger partial charge in [0.2, 0.25) is 11.8 Å². The van der Waals surface area contributed by atoms with Crippen LogP contribution >= 0.6 is 15.9 Å². The maximum absolute atomic E-state index is 13.4. The molecular formula is C28H31BrN2O3. The molecule has 0 bridgehead atoms. The molecule has 0 unspecified atom stereocenters. The zero-order valence-corrected chi connectivity index (χ0v) is 21.3. The van der Waals surface area contributed by atoms with Gasteiger partial charge in [0.05, 0.1) is 6.61 Å². The van der Waals surface area contributed by atoms with Crippen LogP contribution in [0.1, 0.15) is 29.5 Å². The fourth-order valence-electron chi connectivity index (χ4n) is 3.74. The second kappa shape index (κ2) is 12.9. The smallest absolute Gasteiger partial charge is 0.242 e. The Balaban J connectivity index is 1.74. The first-order valence-electron chi connectivity index (χ1n) is 11.4. The molecule has 0 aromatic heterocycles. The number of rotatable bonds is 11. The average molecular weight is 523 g/mol. The summed E-state index contributed by atoms with van der Waals surface area (Å²) in [7, 11) is 1.61. The Morgan fingerprint density at radius 1 is 0.971 bits per heavy atom. The molecule has 0 aliphatic carbocycles. The van der Waals surface area contributed by atoms with E-state index < -0.39 is 6.04 Å². The van der Waals surface area contributed by atoms with E-state index in [9.17, 15) is 9.59 Å². The SMILES string of the molecule is CNC(=O)[C@H](Cc1ccccc1)N(Cc1cccc(Br)c1)C(=O)CCCOc1ccc(C)cc1. The zero-order chi connectivity index (χ0) is 24.3. The molecule has 0 saturated heterocycles. The van der Waals surface area contributed by atoms with Gasteiger partial charge in [-0.15, -0.1) is 0 Å². The van der Waals surface area contributed by atoms with E-state index in [1.165, 1.54) is 5.56 Å². The van der Waals surface area contributed by atoms with Gasteiger partial charge >= 0.3 is 0 Å². The number of amides is 2. The van der Waals surface area contributed by atoms with Crippen LogP contribution in [0, 0.1) is 6.92 Å². The molecule has 0 spiro atoms. The lowest BCUT2D eigenvalue weighted by Gasteiger charge is -2.31. The van der Waals surface area contributed by atoms with Gasteiger partial charge in [-0.1, -0.05) is 76.1 Å². The first-order valence-corrected chi connectivity index (χ1v) is 12.2. The van der Waals surface area contributed by atoms with Crippen molar-refractivity contribution in [1.82, 2.24) is 10.2 Å². The second-order valence-corrected chi connectivity index (χ2v) is 9.15. The Morgan fingerprint density at radius 2 is 1.68 bits per heavy atom. The number of carbonyl (C=O) groups excluding carboxylic acids is 2. The summed E-state index contributed by atoms with van der Waals surface area (Å²) in [6, 6.07) is 24.8. The van der Waals surface area contributed by atoms with Crippen LogP contribution in [0.15, 0.2) is 83.3 Å². The van der Waals surface area contributed by atoms with E-state index in [4.69, 9.17) is 4.74 Å². The predicted molar refractivity (Wildman–Crippen MR) is 139 cm³/mol. The fourth-order valence-corrected chi connectivity index (χ4v) is 4.19. The Labute approximate surface area is 210 Å². The number of benzene rings is 3. The van der Waals surface area contributed by atoms with Gasteiger partial charge in [-0.2, -0.15) is 0 Å². The Morgan fingerprint density at radius 3 is 2.35 bits per heavy atom. The van der Waals surface area contributed by atoms with Crippen LogP contribution in [0.2, 0.25) is 0 Å². The van der Waals surface area contributed by atoms with Crippen molar-refractivity contribution in [1.29, 1.82) is 0 Å². The molecule has 0 fully saturated rings. The van der Waals surface area contributed by atoms with Crippen LogP contribution in [-0.4, -0.2) is 36.4 Å². The van der Waals surface area contributed by atoms with Gasteiger partial charge in [0, 0.05) is 30.9 Å². The molecule has 6 heteroatoms. The van der Waals surface area contributed by atoms with Gasteiger partial charge in [-0.25, -0.2) is 0 Å². The highest BCUT2D eigenvalue weighted by molar-refractivity contribution is 9.10. The summed E-state index contributed by atoms with van der Waals surface area (Å²) in [6.45, 7) is 2.81. The third-order valence-electron chi connectivity index (χ3n) is 5.58. The summed E-state index contributed by atoms with van der Waals surface area (Å²) in [5.41, 5.74) is 3.14. The summed E-state index contributed by atoms with van der Waals surface area (Å²) in [5.74, 6) is 0.538. The Kier molecular flexibility index (Phi) is 9.71. The summed E-state index contributed by atoms with van der Waals surface area (Å²) >= 11 is 3.50. The minimum Gasteiger partial charge on any atom is -0.494 e. The second-order valence-electron chi connectivity index (χ2n) is 8.24. The summed E-state index contributed by atoms with van der Waals surface area (Å²) in [6.07, 6.45) is 1.30. The van der Waals surface area contributed by atoms with Gasteiger partial charge < -0.3 is 15.0 Å². The Bertz CT molecular complexity index is 1070. The fraction of sp³-hybridized carbons (Fsp3) is 0.286. The number of ether oxygens (including phenoxy) is 1. The van der Waals surface area contributed by atoms with Crippen molar-refractivity contribution >= 4 is 27.7 Å². The lowest BCUT2D eigenvalue weighted by molar-refractivity contribution is -0.141. The van der Waals surface area contributed by atoms with Gasteiger partial charge in [-0.05, 0) is 48.7 Å². The zero-order valence-electron chi connectivity index (χ0n) is 19.7. The van der Waals surface area contributed by atoms with Crippen molar-refractivity contribution in [2.45, 2.75) is 38.8 Å². The maximum Gasteiger partial charge on any atom is 0.242 e. The molecule has 2 amide bonds. The third-order valence-corrected chi connectivity index (χ3v) is 6.08. The monoisotopic (exact) mass is 522 g/mol. The molecule has 3 aromatic carbocycles. The van der Waals surface area contributed by atoms with E-state index >= 15 is 0 Å². The van der Waals surface area contributed by atoms with E-state index in [0.717, 1.165) is 21.3 Å². The number of aryl methyl sites for hydroxylation is 1. The average Bonchev–Trinajstić information content (AvgIpc) is 2.85. The molecule has 3 aromatic rings. The van der Waals surface area contributed by atoms with Crippen LogP contribution in [0.25, 0.3) is 0 Å². The first-order chi connectivity index (χ1) is 16.5. The van der Waals surface area contributed by atoms with Crippen molar-refractivity contribution in [3.63, 3.8) is 0 Å². The number of carbonyl (C=O) groups is 2. The minimum atomic E-state index is -0.614. The molecule has 34 heavy (non-hydrogen) atoms. The molecule has 0 aliphatic heterocycles. The van der Waals surface area contributed by atoms with Crippen LogP contribution in [0.4, 0.5) is 0 Å². The normalized spacial score (nSPS) is 11.5. The molecule has 0 heterocycles. The molecule has 0 saturated carbocycles. The lowest BCUT2D eigenvalue weighted by Crippen LogP contribution is -2.49. The topological polar surface area (TPSA) is 58.6 Å². The van der Waals surface area contributed by atoms with Crippen molar-refractivity contribution in [3.05, 3.63) is 100 Å². The highest BCUT2D eigenvalue weighted by atomic mass is 79.9. The van der Waals surface area contributed by atoms with Crippen molar-refractivity contribution in [2.24, 2.45) is 0 Å². The van der Waals surface area contributed by atoms with Crippen molar-refractivity contribution < 1.29 is 14.3 Å². The van der Waals surface area contributed by atoms with Crippen molar-refractivity contribution in [3.8, 4) is 5.75 Å². The molecule has 5 nitrogen and oxygen atoms in total. The Hall–Kier alpha value is -3.12. The van der Waals surface area contributed by atoms with Gasteiger partial charge in [0.1, 0.15) is 11.8 Å². The summed E-state index contributed by atoms with van der Waals surface area (Å²) in [4.78, 5) is 28.0. The highest BCUT2D eigenvalue weighted by Gasteiger charge is 2.29. The minimum absolute atomic E-state index is 0.0722. The number of likely N-dealkylation sites (N-methyl/N-ethyl adjacent to an activating group) is 1. The van der Waals surface area contributed by atoms with Gasteiger partial charge in [0.15, 0.2) is 0 Å².